The predicted molar refractivity (Wildman–Crippen MR) is 77.8 cm³/mol. The Labute approximate surface area is 134 Å². The van der Waals surface area contributed by atoms with Gasteiger partial charge in [0.2, 0.25) is 0 Å². The zero-order valence-corrected chi connectivity index (χ0v) is 12.5. The van der Waals surface area contributed by atoms with Crippen LogP contribution in [-0.2, 0) is 15.7 Å². The molecule has 0 radical (unpaired) electrons. The average molecular weight is 347 g/mol. The Morgan fingerprint density at radius 3 is 2.96 bits per heavy atom. The molecule has 1 atom stereocenters. The number of aromatic nitrogens is 2. The van der Waals surface area contributed by atoms with E-state index in [0.717, 1.165) is 12.3 Å². The number of aromatic amines is 1. The lowest BCUT2D eigenvalue weighted by molar-refractivity contribution is -0.138. The van der Waals surface area contributed by atoms with Crippen LogP contribution in [0, 0.1) is 0 Å². The Hall–Kier alpha value is -2.36. The normalized spacial score (nSPS) is 18.5. The van der Waals surface area contributed by atoms with Crippen LogP contribution in [0.3, 0.4) is 0 Å². The van der Waals surface area contributed by atoms with E-state index in [9.17, 15) is 22.8 Å². The van der Waals surface area contributed by atoms with Crippen LogP contribution in [-0.4, -0.2) is 47.1 Å². The van der Waals surface area contributed by atoms with Crippen LogP contribution in [0.4, 0.5) is 18.9 Å². The van der Waals surface area contributed by atoms with Gasteiger partial charge in [0, 0.05) is 12.6 Å². The molecule has 132 valence electrons. The molecule has 1 aromatic rings. The second-order valence-corrected chi connectivity index (χ2v) is 5.22. The van der Waals surface area contributed by atoms with Crippen LogP contribution < -0.4 is 10.5 Å². The minimum atomic E-state index is -4.79. The molecule has 2 rings (SSSR count). The van der Waals surface area contributed by atoms with E-state index < -0.39 is 23.3 Å². The molecule has 7 nitrogen and oxygen atoms in total. The molecule has 2 heterocycles. The van der Waals surface area contributed by atoms with Gasteiger partial charge in [-0.25, -0.2) is 9.89 Å². The van der Waals surface area contributed by atoms with Gasteiger partial charge in [0.1, 0.15) is 5.56 Å². The van der Waals surface area contributed by atoms with E-state index in [-0.39, 0.29) is 24.9 Å². The highest BCUT2D eigenvalue weighted by Gasteiger charge is 2.40. The zero-order chi connectivity index (χ0) is 17.7. The number of rotatable bonds is 6. The Kier molecular flexibility index (Phi) is 5.60. The molecule has 0 bridgehead atoms. The topological polar surface area (TPSA) is 95.5 Å². The summed E-state index contributed by atoms with van der Waals surface area (Å²) in [6, 6.07) is -0.340. The van der Waals surface area contributed by atoms with Crippen LogP contribution >= 0.6 is 0 Å². The minimum absolute atomic E-state index is 0.0381. The van der Waals surface area contributed by atoms with Crippen molar-refractivity contribution in [1.82, 2.24) is 10.2 Å². The van der Waals surface area contributed by atoms with Crippen molar-refractivity contribution in [3.05, 3.63) is 34.3 Å². The average Bonchev–Trinajstić information content (AvgIpc) is 2.93. The second-order valence-electron chi connectivity index (χ2n) is 5.22. The second kappa shape index (κ2) is 7.47. The van der Waals surface area contributed by atoms with Gasteiger partial charge in [-0.15, -0.1) is 0 Å². The number of anilines is 1. The highest BCUT2D eigenvalue weighted by molar-refractivity contribution is 5.79. The van der Waals surface area contributed by atoms with Gasteiger partial charge in [0.25, 0.3) is 5.56 Å². The quantitative estimate of drug-likeness (QED) is 0.597. The number of carboxylic acids is 1. The smallest absolute Gasteiger partial charge is 0.423 e. The van der Waals surface area contributed by atoms with E-state index in [1.807, 2.05) is 5.10 Å². The fourth-order valence-electron chi connectivity index (χ4n) is 2.63. The zero-order valence-electron chi connectivity index (χ0n) is 12.5. The molecule has 1 aliphatic rings. The van der Waals surface area contributed by atoms with Gasteiger partial charge >= 0.3 is 12.1 Å². The van der Waals surface area contributed by atoms with Gasteiger partial charge in [0.15, 0.2) is 0 Å². The van der Waals surface area contributed by atoms with Gasteiger partial charge in [-0.2, -0.15) is 18.3 Å². The molecule has 0 unspecified atom stereocenters. The standard InChI is InChI=1S/C14H16F3N3O4/c15-14(16,17)12-10(7-18-19-13(12)23)20-5-1-3-9(20)8-24-6-2-4-11(21)22/h2,4,7,9H,1,3,5-6,8H2,(H,19,23)(H,21,22)/b4-2+/t9-/m0/s1. The monoisotopic (exact) mass is 347 g/mol. The molecule has 1 aliphatic heterocycles. The Morgan fingerprint density at radius 2 is 2.29 bits per heavy atom. The van der Waals surface area contributed by atoms with E-state index in [1.165, 1.54) is 11.0 Å². The molecule has 24 heavy (non-hydrogen) atoms. The summed E-state index contributed by atoms with van der Waals surface area (Å²) in [6.45, 7) is 0.512. The van der Waals surface area contributed by atoms with Crippen molar-refractivity contribution in [3.8, 4) is 0 Å². The number of H-pyrrole nitrogens is 1. The predicted octanol–water partition coefficient (Wildman–Crippen LogP) is 1.41. The molecule has 0 aliphatic carbocycles. The molecule has 0 amide bonds. The van der Waals surface area contributed by atoms with Crippen molar-refractivity contribution in [2.75, 3.05) is 24.7 Å². The summed E-state index contributed by atoms with van der Waals surface area (Å²) in [7, 11) is 0. The van der Waals surface area contributed by atoms with E-state index in [1.54, 1.807) is 0 Å². The first kappa shape index (κ1) is 18.0. The van der Waals surface area contributed by atoms with Crippen molar-refractivity contribution in [2.24, 2.45) is 0 Å². The number of carboxylic acid groups (broad SMARTS) is 1. The van der Waals surface area contributed by atoms with Crippen molar-refractivity contribution in [2.45, 2.75) is 25.1 Å². The third kappa shape index (κ3) is 4.34. The third-order valence-electron chi connectivity index (χ3n) is 3.59. The van der Waals surface area contributed by atoms with E-state index >= 15 is 0 Å². The molecule has 0 spiro atoms. The van der Waals surface area contributed by atoms with Crippen molar-refractivity contribution < 1.29 is 27.8 Å². The summed E-state index contributed by atoms with van der Waals surface area (Å²) in [5.74, 6) is -1.11. The molecule has 10 heteroatoms. The van der Waals surface area contributed by atoms with E-state index in [2.05, 4.69) is 5.10 Å². The number of hydrogen-bond acceptors (Lipinski definition) is 5. The highest BCUT2D eigenvalue weighted by Crippen LogP contribution is 2.36. The molecule has 0 saturated carbocycles. The molecular formula is C14H16F3N3O4. The SMILES string of the molecule is O=C(O)/C=C/COC[C@@H]1CCCN1c1cn[nH]c(=O)c1C(F)(F)F. The Bertz CT molecular complexity index is 672. The first-order valence-electron chi connectivity index (χ1n) is 7.19. The van der Waals surface area contributed by atoms with Crippen LogP contribution in [0.5, 0.6) is 0 Å². The summed E-state index contributed by atoms with van der Waals surface area (Å²) in [6.07, 6.45) is -0.306. The van der Waals surface area contributed by atoms with Crippen LogP contribution in [0.15, 0.2) is 23.1 Å². The first-order chi connectivity index (χ1) is 11.3. The lowest BCUT2D eigenvalue weighted by Crippen LogP contribution is -2.37. The molecule has 1 saturated heterocycles. The van der Waals surface area contributed by atoms with Gasteiger partial charge in [-0.05, 0) is 12.8 Å². The fraction of sp³-hybridized carbons (Fsp3) is 0.500. The summed E-state index contributed by atoms with van der Waals surface area (Å²) >= 11 is 0. The maximum absolute atomic E-state index is 13.1. The van der Waals surface area contributed by atoms with Gasteiger partial charge < -0.3 is 14.7 Å². The third-order valence-corrected chi connectivity index (χ3v) is 3.59. The number of alkyl halides is 3. The van der Waals surface area contributed by atoms with Gasteiger partial charge in [-0.1, -0.05) is 6.08 Å². The summed E-state index contributed by atoms with van der Waals surface area (Å²) in [5.41, 5.74) is -2.82. The number of nitrogens with one attached hydrogen (secondary N) is 1. The molecule has 1 fully saturated rings. The maximum atomic E-state index is 13.1. The van der Waals surface area contributed by atoms with Crippen molar-refractivity contribution in [1.29, 1.82) is 0 Å². The van der Waals surface area contributed by atoms with Crippen molar-refractivity contribution in [3.63, 3.8) is 0 Å². The van der Waals surface area contributed by atoms with E-state index in [0.29, 0.717) is 19.4 Å². The summed E-state index contributed by atoms with van der Waals surface area (Å²) in [4.78, 5) is 23.3. The largest absolute Gasteiger partial charge is 0.478 e. The number of ether oxygens (including phenoxy) is 1. The number of hydrogen-bond donors (Lipinski definition) is 2. The Balaban J connectivity index is 2.12. The minimum Gasteiger partial charge on any atom is -0.478 e. The van der Waals surface area contributed by atoms with Gasteiger partial charge in [-0.3, -0.25) is 4.79 Å². The molecular weight excluding hydrogens is 331 g/mol. The summed E-state index contributed by atoms with van der Waals surface area (Å²) < 4.78 is 44.7. The Morgan fingerprint density at radius 1 is 1.54 bits per heavy atom. The van der Waals surface area contributed by atoms with Crippen molar-refractivity contribution >= 4 is 11.7 Å². The van der Waals surface area contributed by atoms with E-state index in [4.69, 9.17) is 9.84 Å². The fourth-order valence-corrected chi connectivity index (χ4v) is 2.63. The van der Waals surface area contributed by atoms with Crippen LogP contribution in [0.25, 0.3) is 0 Å². The summed E-state index contributed by atoms with van der Waals surface area (Å²) in [5, 5.41) is 13.7. The number of carbonyl (C=O) groups is 1. The first-order valence-corrected chi connectivity index (χ1v) is 7.19. The maximum Gasteiger partial charge on any atom is 0.423 e. The highest BCUT2D eigenvalue weighted by atomic mass is 19.4. The molecule has 0 aromatic carbocycles. The van der Waals surface area contributed by atoms with Crippen LogP contribution in [0.2, 0.25) is 0 Å². The lowest BCUT2D eigenvalue weighted by Gasteiger charge is -2.28. The van der Waals surface area contributed by atoms with Crippen LogP contribution in [0.1, 0.15) is 18.4 Å². The number of aliphatic carboxylic acids is 1. The number of nitrogens with zero attached hydrogens (tertiary/aromatic N) is 2. The van der Waals surface area contributed by atoms with Gasteiger partial charge in [0.05, 0.1) is 31.1 Å². The number of halogens is 3. The molecule has 1 aromatic heterocycles. The molecule has 2 N–H and O–H groups in total. The lowest BCUT2D eigenvalue weighted by atomic mass is 10.2.